The van der Waals surface area contributed by atoms with E-state index in [0.717, 1.165) is 28.7 Å². The SMILES string of the molecule is CC1=C(C)C[Si](C23C4C5CC26C2C5(C(=O)[NH][Ti+2])C26C43)=C1.[Cl-].[Cl-]. The van der Waals surface area contributed by atoms with Crippen LogP contribution in [0.3, 0.4) is 0 Å². The Morgan fingerprint density at radius 2 is 2.14 bits per heavy atom. The third-order valence-corrected chi connectivity index (χ3v) is 13.5. The van der Waals surface area contributed by atoms with Crippen LogP contribution in [0.2, 0.25) is 11.1 Å². The minimum absolute atomic E-state index is 0. The molecule has 0 aromatic heterocycles. The van der Waals surface area contributed by atoms with E-state index in [1.165, 1.54) is 12.5 Å². The van der Waals surface area contributed by atoms with Crippen molar-refractivity contribution in [1.82, 2.24) is 3.80 Å². The first kappa shape index (κ1) is 14.9. The van der Waals surface area contributed by atoms with Gasteiger partial charge in [0.25, 0.3) is 0 Å². The third kappa shape index (κ3) is 0.751. The van der Waals surface area contributed by atoms with Gasteiger partial charge in [-0.05, 0) is 0 Å². The number of rotatable bonds is 2. The first-order valence-corrected chi connectivity index (χ1v) is 10.5. The van der Waals surface area contributed by atoms with Gasteiger partial charge < -0.3 is 24.8 Å². The quantitative estimate of drug-likeness (QED) is 0.477. The van der Waals surface area contributed by atoms with Crippen LogP contribution in [0.25, 0.3) is 0 Å². The molecule has 8 atom stereocenters. The molecule has 0 aromatic rings. The second kappa shape index (κ2) is 3.31. The van der Waals surface area contributed by atoms with E-state index in [2.05, 4.69) is 23.3 Å². The van der Waals surface area contributed by atoms with Crippen LogP contribution in [0.1, 0.15) is 20.3 Å². The predicted octanol–water partition coefficient (Wildman–Crippen LogP) is -4.56. The van der Waals surface area contributed by atoms with E-state index in [4.69, 9.17) is 0 Å². The van der Waals surface area contributed by atoms with Crippen LogP contribution < -0.4 is 28.6 Å². The Kier molecular flexibility index (Phi) is 2.24. The summed E-state index contributed by atoms with van der Waals surface area (Å²) in [5.41, 5.74) is 7.43. The molecular weight excluding hydrogens is 369 g/mol. The van der Waals surface area contributed by atoms with E-state index >= 15 is 0 Å². The van der Waals surface area contributed by atoms with Crippen molar-refractivity contribution < 1.29 is 50.3 Å². The fourth-order valence-corrected chi connectivity index (χ4v) is 14.6. The maximum absolute atomic E-state index is 12.4. The normalized spacial score (nSPS) is 64.1. The van der Waals surface area contributed by atoms with Crippen molar-refractivity contribution in [3.05, 3.63) is 11.1 Å². The molecule has 8 fully saturated rings. The van der Waals surface area contributed by atoms with E-state index in [0.29, 0.717) is 16.7 Å². The van der Waals surface area contributed by atoms with Gasteiger partial charge in [-0.25, -0.2) is 0 Å². The number of carbonyl (C=O) groups is 1. The molecule has 2 nitrogen and oxygen atoms in total. The van der Waals surface area contributed by atoms with Crippen LogP contribution in [-0.4, -0.2) is 20.0 Å². The zero-order valence-electron chi connectivity index (χ0n) is 12.5. The molecule has 8 unspecified atom stereocenters. The van der Waals surface area contributed by atoms with Gasteiger partial charge in [0.1, 0.15) is 0 Å². The second-order valence-electron chi connectivity index (χ2n) is 8.59. The van der Waals surface area contributed by atoms with Crippen molar-refractivity contribution in [3.8, 4) is 0 Å². The summed E-state index contributed by atoms with van der Waals surface area (Å²) in [5, 5.41) is 0.793. The molecule has 1 N–H and O–H groups in total. The molecular formula is C16H16Cl2NOSiTi. The molecule has 0 saturated heterocycles. The number of allylic oxidation sites excluding steroid dienone is 2. The molecule has 1 heterocycles. The zero-order valence-corrected chi connectivity index (χ0v) is 16.5. The van der Waals surface area contributed by atoms with Crippen molar-refractivity contribution in [2.75, 3.05) is 0 Å². The van der Waals surface area contributed by atoms with Crippen LogP contribution in [0.5, 0.6) is 0 Å². The molecule has 113 valence electrons. The van der Waals surface area contributed by atoms with E-state index in [9.17, 15) is 4.79 Å². The fraction of sp³-hybridized carbons (Fsp3) is 0.750. The maximum Gasteiger partial charge on any atom is -1.00 e. The molecule has 0 radical (unpaired) electrons. The summed E-state index contributed by atoms with van der Waals surface area (Å²) in [5.74, 6) is 4.03. The molecule has 0 aromatic carbocycles. The maximum atomic E-state index is 12.4. The van der Waals surface area contributed by atoms with Crippen molar-refractivity contribution in [2.45, 2.75) is 31.4 Å². The smallest absolute Gasteiger partial charge is 1.00 e. The summed E-state index contributed by atoms with van der Waals surface area (Å²) in [4.78, 5) is 12.4. The summed E-state index contributed by atoms with van der Waals surface area (Å²) in [6, 6.07) is 1.42. The van der Waals surface area contributed by atoms with Crippen LogP contribution in [0.4, 0.5) is 0 Å². The van der Waals surface area contributed by atoms with Gasteiger partial charge in [-0.2, -0.15) is 0 Å². The van der Waals surface area contributed by atoms with Crippen molar-refractivity contribution in [3.63, 3.8) is 0 Å². The van der Waals surface area contributed by atoms with Crippen molar-refractivity contribution in [2.24, 2.45) is 39.9 Å². The minimum atomic E-state index is -0.306. The van der Waals surface area contributed by atoms with Gasteiger partial charge in [-0.1, -0.05) is 0 Å². The van der Waals surface area contributed by atoms with E-state index in [-0.39, 0.29) is 38.6 Å². The largest absolute Gasteiger partial charge is 1.00 e. The zero-order chi connectivity index (χ0) is 13.4. The van der Waals surface area contributed by atoms with Crippen molar-refractivity contribution >= 4 is 20.0 Å². The topological polar surface area (TPSA) is 29.1 Å². The first-order valence-electron chi connectivity index (χ1n) is 7.94. The van der Waals surface area contributed by atoms with Gasteiger partial charge in [0.05, 0.1) is 0 Å². The van der Waals surface area contributed by atoms with Gasteiger partial charge >= 0.3 is 132 Å². The molecule has 1 aliphatic heterocycles. The number of carbonyl (C=O) groups excluding carboxylic acids is 1. The molecule has 9 rings (SSSR count). The summed E-state index contributed by atoms with van der Waals surface area (Å²) >= 11 is 1.85. The number of hydrogen-bond acceptors (Lipinski definition) is 1. The Morgan fingerprint density at radius 1 is 1.41 bits per heavy atom. The monoisotopic (exact) mass is 384 g/mol. The van der Waals surface area contributed by atoms with Gasteiger partial charge in [0, 0.05) is 0 Å². The average molecular weight is 385 g/mol. The molecule has 2 spiro atoms. The molecule has 22 heavy (non-hydrogen) atoms. The van der Waals surface area contributed by atoms with E-state index in [1.54, 1.807) is 11.1 Å². The van der Waals surface area contributed by atoms with E-state index in [1.807, 2.05) is 20.7 Å². The molecule has 4 bridgehead atoms. The van der Waals surface area contributed by atoms with Gasteiger partial charge in [-0.3, -0.25) is 0 Å². The van der Waals surface area contributed by atoms with Crippen LogP contribution in [-0.2, 0) is 25.5 Å². The van der Waals surface area contributed by atoms with E-state index < -0.39 is 0 Å². The molecule has 6 heteroatoms. The first-order chi connectivity index (χ1) is 9.59. The Labute approximate surface area is 156 Å². The van der Waals surface area contributed by atoms with Crippen LogP contribution in [0.15, 0.2) is 11.1 Å². The summed E-state index contributed by atoms with van der Waals surface area (Å²) in [6.07, 6.45) is 1.44. The second-order valence-corrected chi connectivity index (χ2v) is 11.5. The third-order valence-electron chi connectivity index (χ3n) is 9.25. The Bertz CT molecular complexity index is 776. The number of hydrogen-bond donors (Lipinski definition) is 1. The van der Waals surface area contributed by atoms with Crippen molar-refractivity contribution in [1.29, 1.82) is 0 Å². The van der Waals surface area contributed by atoms with Gasteiger partial charge in [0.2, 0.25) is 0 Å². The number of halogens is 2. The van der Waals surface area contributed by atoms with Crippen LogP contribution in [0, 0.1) is 39.9 Å². The number of nitrogens with one attached hydrogen (secondary N) is 1. The summed E-state index contributed by atoms with van der Waals surface area (Å²) in [7, 11) is -0.306. The van der Waals surface area contributed by atoms with Gasteiger partial charge in [0.15, 0.2) is 0 Å². The molecule has 1 amide bonds. The van der Waals surface area contributed by atoms with Crippen LogP contribution >= 0.6 is 0 Å². The fourth-order valence-electron chi connectivity index (χ4n) is 9.47. The Morgan fingerprint density at radius 3 is 2.55 bits per heavy atom. The molecule has 8 aliphatic carbocycles. The molecule has 8 saturated carbocycles. The molecule has 9 aliphatic rings. The Balaban J connectivity index is 0.000000563. The summed E-state index contributed by atoms with van der Waals surface area (Å²) in [6.45, 7) is 4.66. The number of amides is 1. The average Bonchev–Trinajstić information content (AvgIpc) is 3.25. The standard InChI is InChI=1S/C16H17NOSi.2ClH.Ti/c1-6-4-19(5-7(6)2)16-9-8-3-13(16)11-14(8,12(17)18)15(11,13)10(9)16;;;/h4,8-11H,3,5H2,1-2H3,(H2,17,18);2*1H;/q;;;+3/p-3. The summed E-state index contributed by atoms with van der Waals surface area (Å²) < 4.78 is 3.00. The minimum Gasteiger partial charge on any atom is -1.00 e. The predicted molar refractivity (Wildman–Crippen MR) is 71.7 cm³/mol. The van der Waals surface area contributed by atoms with Gasteiger partial charge in [-0.15, -0.1) is 0 Å². The Hall–Kier alpha value is 0.591.